The Bertz CT molecular complexity index is 872. The van der Waals surface area contributed by atoms with E-state index in [9.17, 15) is 19.5 Å². The molecule has 1 aromatic carbocycles. The van der Waals surface area contributed by atoms with E-state index in [1.807, 2.05) is 13.8 Å². The molecule has 0 aliphatic carbocycles. The summed E-state index contributed by atoms with van der Waals surface area (Å²) in [6.07, 6.45) is 1.60. The van der Waals surface area contributed by atoms with E-state index < -0.39 is 29.6 Å². The average Bonchev–Trinajstić information content (AvgIpc) is 2.60. The number of aryl methyl sites for hydroxylation is 1. The van der Waals surface area contributed by atoms with Crippen LogP contribution in [0.15, 0.2) is 33.5 Å². The summed E-state index contributed by atoms with van der Waals surface area (Å²) in [7, 11) is 0. The predicted molar refractivity (Wildman–Crippen MR) is 98.4 cm³/mol. The van der Waals surface area contributed by atoms with E-state index in [0.29, 0.717) is 17.8 Å². The number of hydrogen-bond acceptors (Lipinski definition) is 6. The monoisotopic (exact) mass is 374 g/mol. The van der Waals surface area contributed by atoms with Crippen LogP contribution in [0.3, 0.4) is 0 Å². The van der Waals surface area contributed by atoms with Gasteiger partial charge >= 0.3 is 5.63 Å². The third kappa shape index (κ3) is 5.32. The zero-order valence-electron chi connectivity index (χ0n) is 15.7. The molecule has 1 N–H and O–H groups in total. The molecule has 1 amide bonds. The van der Waals surface area contributed by atoms with Crippen LogP contribution in [0.5, 0.6) is 5.75 Å². The maximum atomic E-state index is 12.2. The molecule has 1 aromatic heterocycles. The van der Waals surface area contributed by atoms with Crippen LogP contribution < -0.4 is 20.8 Å². The topological polar surface area (TPSA) is 109 Å². The van der Waals surface area contributed by atoms with Gasteiger partial charge in [-0.15, -0.1) is 0 Å². The number of carboxylic acids is 1. The first-order chi connectivity index (χ1) is 12.8. The van der Waals surface area contributed by atoms with Crippen molar-refractivity contribution in [2.75, 3.05) is 0 Å². The molecule has 0 radical (unpaired) electrons. The first-order valence-electron chi connectivity index (χ1n) is 9.10. The van der Waals surface area contributed by atoms with Gasteiger partial charge < -0.3 is 24.4 Å². The van der Waals surface area contributed by atoms with Gasteiger partial charge in [-0.3, -0.25) is 4.79 Å². The summed E-state index contributed by atoms with van der Waals surface area (Å²) in [5.41, 5.74) is 0.845. The summed E-state index contributed by atoms with van der Waals surface area (Å²) < 4.78 is 10.8. The van der Waals surface area contributed by atoms with Crippen LogP contribution >= 0.6 is 0 Å². The van der Waals surface area contributed by atoms with Crippen molar-refractivity contribution in [3.63, 3.8) is 0 Å². The molecular weight excluding hydrogens is 350 g/mol. The first-order valence-corrected chi connectivity index (χ1v) is 9.10. The SMILES string of the molecule is CCCc1cc(=O)oc2cc(O[C@@H](C)C(=O)N[C@H](CCC)C(=O)[O-])ccc12. The number of carbonyl (C=O) groups excluding carboxylic acids is 2. The van der Waals surface area contributed by atoms with Gasteiger partial charge in [0.15, 0.2) is 6.10 Å². The molecule has 2 atom stereocenters. The molecule has 0 fully saturated rings. The summed E-state index contributed by atoms with van der Waals surface area (Å²) in [6, 6.07) is 5.45. The molecule has 2 aromatic rings. The molecule has 27 heavy (non-hydrogen) atoms. The normalized spacial score (nSPS) is 13.1. The fourth-order valence-corrected chi connectivity index (χ4v) is 2.84. The fraction of sp³-hybridized carbons (Fsp3) is 0.450. The molecule has 2 rings (SSSR count). The van der Waals surface area contributed by atoms with Gasteiger partial charge in [0.1, 0.15) is 11.3 Å². The van der Waals surface area contributed by atoms with Crippen molar-refractivity contribution in [1.29, 1.82) is 0 Å². The van der Waals surface area contributed by atoms with Crippen molar-refractivity contribution in [3.8, 4) is 5.75 Å². The van der Waals surface area contributed by atoms with Crippen molar-refractivity contribution in [3.05, 3.63) is 40.2 Å². The molecule has 0 saturated heterocycles. The third-order valence-corrected chi connectivity index (χ3v) is 4.18. The molecule has 0 aliphatic heterocycles. The number of hydrogen-bond donors (Lipinski definition) is 1. The Labute approximate surface area is 157 Å². The predicted octanol–water partition coefficient (Wildman–Crippen LogP) is 1.55. The zero-order valence-corrected chi connectivity index (χ0v) is 15.7. The maximum absolute atomic E-state index is 12.2. The molecule has 0 aliphatic rings. The van der Waals surface area contributed by atoms with Crippen molar-refractivity contribution in [2.45, 2.75) is 58.6 Å². The molecule has 0 spiro atoms. The van der Waals surface area contributed by atoms with Gasteiger partial charge in [0.25, 0.3) is 5.91 Å². The summed E-state index contributed by atoms with van der Waals surface area (Å²) in [4.78, 5) is 35.0. The molecule has 7 nitrogen and oxygen atoms in total. The van der Waals surface area contributed by atoms with Crippen LogP contribution in [-0.2, 0) is 16.0 Å². The van der Waals surface area contributed by atoms with E-state index in [4.69, 9.17) is 9.15 Å². The number of fused-ring (bicyclic) bond motifs is 1. The minimum atomic E-state index is -1.33. The van der Waals surface area contributed by atoms with Gasteiger partial charge in [0.05, 0.1) is 12.0 Å². The number of rotatable bonds is 9. The number of carboxylic acid groups (broad SMARTS) is 1. The van der Waals surface area contributed by atoms with Crippen molar-refractivity contribution in [2.24, 2.45) is 0 Å². The number of aliphatic carboxylic acids is 1. The highest BCUT2D eigenvalue weighted by Gasteiger charge is 2.20. The zero-order chi connectivity index (χ0) is 20.0. The highest BCUT2D eigenvalue weighted by Crippen LogP contribution is 2.24. The quantitative estimate of drug-likeness (QED) is 0.667. The van der Waals surface area contributed by atoms with Gasteiger partial charge in [-0.25, -0.2) is 4.79 Å². The molecule has 0 saturated carbocycles. The number of benzene rings is 1. The summed E-state index contributed by atoms with van der Waals surface area (Å²) in [6.45, 7) is 5.36. The van der Waals surface area contributed by atoms with E-state index in [1.165, 1.54) is 13.0 Å². The Morgan fingerprint density at radius 3 is 2.59 bits per heavy atom. The molecule has 0 unspecified atom stereocenters. The molecular formula is C20H24NO6-. The van der Waals surface area contributed by atoms with Gasteiger partial charge in [-0.1, -0.05) is 26.7 Å². The number of ether oxygens (including phenoxy) is 1. The van der Waals surface area contributed by atoms with Crippen molar-refractivity contribution in [1.82, 2.24) is 5.32 Å². The maximum Gasteiger partial charge on any atom is 0.336 e. The van der Waals surface area contributed by atoms with Gasteiger partial charge in [0.2, 0.25) is 0 Å². The third-order valence-electron chi connectivity index (χ3n) is 4.18. The van der Waals surface area contributed by atoms with E-state index in [0.717, 1.165) is 23.8 Å². The summed E-state index contributed by atoms with van der Waals surface area (Å²) in [5.74, 6) is -1.53. The summed E-state index contributed by atoms with van der Waals surface area (Å²) in [5, 5.41) is 14.3. The van der Waals surface area contributed by atoms with Crippen molar-refractivity contribution >= 4 is 22.8 Å². The lowest BCUT2D eigenvalue weighted by Gasteiger charge is -2.22. The van der Waals surface area contributed by atoms with Crippen molar-refractivity contribution < 1.29 is 23.8 Å². The highest BCUT2D eigenvalue weighted by atomic mass is 16.5. The molecule has 7 heteroatoms. The largest absolute Gasteiger partial charge is 0.548 e. The second-order valence-electron chi connectivity index (χ2n) is 6.43. The van der Waals surface area contributed by atoms with Crippen LogP contribution in [0.25, 0.3) is 11.0 Å². The smallest absolute Gasteiger partial charge is 0.336 e. The van der Waals surface area contributed by atoms with Gasteiger partial charge in [-0.05, 0) is 37.5 Å². The highest BCUT2D eigenvalue weighted by molar-refractivity contribution is 5.86. The number of nitrogens with one attached hydrogen (secondary N) is 1. The summed E-state index contributed by atoms with van der Waals surface area (Å²) >= 11 is 0. The van der Waals surface area contributed by atoms with E-state index in [-0.39, 0.29) is 6.42 Å². The van der Waals surface area contributed by atoms with Gasteiger partial charge in [-0.2, -0.15) is 0 Å². The molecule has 1 heterocycles. The minimum Gasteiger partial charge on any atom is -0.548 e. The Morgan fingerprint density at radius 2 is 1.96 bits per heavy atom. The average molecular weight is 374 g/mol. The fourth-order valence-electron chi connectivity index (χ4n) is 2.84. The van der Waals surface area contributed by atoms with E-state index >= 15 is 0 Å². The molecule has 146 valence electrons. The standard InChI is InChI=1S/C20H25NO6/c1-4-6-13-10-18(22)27-17-11-14(8-9-15(13)17)26-12(3)19(23)21-16(7-5-2)20(24)25/h8-12,16H,4-7H2,1-3H3,(H,21,23)(H,24,25)/p-1/t12-,16+/m0/s1. The van der Waals surface area contributed by atoms with E-state index in [2.05, 4.69) is 5.32 Å². The first kappa shape index (κ1) is 20.5. The number of carbonyl (C=O) groups is 2. The van der Waals surface area contributed by atoms with Crippen LogP contribution in [0, 0.1) is 0 Å². The lowest BCUT2D eigenvalue weighted by Crippen LogP contribution is -2.51. The van der Waals surface area contributed by atoms with Crippen LogP contribution in [-0.4, -0.2) is 24.0 Å². The minimum absolute atomic E-state index is 0.280. The Balaban J connectivity index is 2.16. The Hall–Kier alpha value is -2.83. The Morgan fingerprint density at radius 1 is 1.22 bits per heavy atom. The van der Waals surface area contributed by atoms with E-state index in [1.54, 1.807) is 18.2 Å². The number of amides is 1. The van der Waals surface area contributed by atoms with Crippen LogP contribution in [0.4, 0.5) is 0 Å². The van der Waals surface area contributed by atoms with Gasteiger partial charge in [0, 0.05) is 17.5 Å². The lowest BCUT2D eigenvalue weighted by atomic mass is 10.1. The van der Waals surface area contributed by atoms with Crippen LogP contribution in [0.1, 0.15) is 45.6 Å². The second-order valence-corrected chi connectivity index (χ2v) is 6.43. The lowest BCUT2D eigenvalue weighted by molar-refractivity contribution is -0.308. The van der Waals surface area contributed by atoms with Crippen LogP contribution in [0.2, 0.25) is 0 Å². The molecule has 0 bridgehead atoms. The Kier molecular flexibility index (Phi) is 6.98. The second kappa shape index (κ2) is 9.21.